The molecule has 0 unspecified atom stereocenters. The lowest BCUT2D eigenvalue weighted by molar-refractivity contribution is 0.660. The molecule has 2 heterocycles. The number of nitrogens with zero attached hydrogens (tertiary/aromatic N) is 2. The van der Waals surface area contributed by atoms with Crippen molar-refractivity contribution in [1.29, 1.82) is 0 Å². The van der Waals surface area contributed by atoms with E-state index in [1.807, 2.05) is 18.2 Å². The smallest absolute Gasteiger partial charge is 0.160 e. The average Bonchev–Trinajstić information content (AvgIpc) is 3.78. The van der Waals surface area contributed by atoms with Crippen molar-refractivity contribution in [2.45, 2.75) is 19.3 Å². The van der Waals surface area contributed by atoms with E-state index in [-0.39, 0.29) is 5.41 Å². The van der Waals surface area contributed by atoms with E-state index >= 15 is 0 Å². The van der Waals surface area contributed by atoms with E-state index in [9.17, 15) is 0 Å². The van der Waals surface area contributed by atoms with Gasteiger partial charge < -0.3 is 4.42 Å². The van der Waals surface area contributed by atoms with Gasteiger partial charge >= 0.3 is 0 Å². The van der Waals surface area contributed by atoms with Gasteiger partial charge in [-0.15, -0.1) is 0 Å². The lowest BCUT2D eigenvalue weighted by Crippen LogP contribution is -2.14. The molecule has 10 aromatic rings. The van der Waals surface area contributed by atoms with Crippen LogP contribution in [0.15, 0.2) is 199 Å². The first kappa shape index (κ1) is 33.9. The van der Waals surface area contributed by atoms with E-state index in [0.717, 1.165) is 72.3 Å². The molecule has 0 aliphatic heterocycles. The quantitative estimate of drug-likeness (QED) is 0.170. The Morgan fingerprint density at radius 1 is 0.362 bits per heavy atom. The van der Waals surface area contributed by atoms with Crippen LogP contribution in [0.1, 0.15) is 25.0 Å². The first-order valence-electron chi connectivity index (χ1n) is 19.9. The molecule has 274 valence electrons. The maximum atomic E-state index is 6.25. The number of hydrogen-bond acceptors (Lipinski definition) is 3. The summed E-state index contributed by atoms with van der Waals surface area (Å²) in [4.78, 5) is 10.7. The Bertz CT molecular complexity index is 3190. The minimum Gasteiger partial charge on any atom is -0.456 e. The van der Waals surface area contributed by atoms with Crippen molar-refractivity contribution in [3.8, 4) is 78.4 Å². The van der Waals surface area contributed by atoms with E-state index in [4.69, 9.17) is 14.4 Å². The summed E-state index contributed by atoms with van der Waals surface area (Å²) in [7, 11) is 0. The summed E-state index contributed by atoms with van der Waals surface area (Å²) in [5.74, 6) is 0.694. The van der Waals surface area contributed by atoms with Crippen molar-refractivity contribution in [2.75, 3.05) is 0 Å². The van der Waals surface area contributed by atoms with Crippen LogP contribution in [0.5, 0.6) is 0 Å². The molecule has 0 N–H and O–H groups in total. The maximum absolute atomic E-state index is 6.25. The van der Waals surface area contributed by atoms with Gasteiger partial charge in [0.25, 0.3) is 0 Å². The zero-order valence-electron chi connectivity index (χ0n) is 32.3. The number of furan rings is 1. The van der Waals surface area contributed by atoms with E-state index < -0.39 is 0 Å². The zero-order chi connectivity index (χ0) is 38.8. The van der Waals surface area contributed by atoms with E-state index in [1.54, 1.807) is 0 Å². The first-order chi connectivity index (χ1) is 28.5. The highest BCUT2D eigenvalue weighted by atomic mass is 16.3. The molecule has 0 atom stereocenters. The van der Waals surface area contributed by atoms with Gasteiger partial charge in [-0.05, 0) is 98.1 Å². The largest absolute Gasteiger partial charge is 0.456 e. The van der Waals surface area contributed by atoms with Gasteiger partial charge in [0, 0.05) is 32.9 Å². The standard InChI is InChI=1S/C55H38N2O/c1-55(2)47-25-13-11-23-44(47)53-45(24-15-26-48(53)55)50-34-49(56-54(57-50)36-18-7-4-8-19-36)40-31-38(37-28-29-52-46(33-37)43-22-12-14-27-51(43)58-52)30-39(32-40)42-21-10-9-20-41(42)35-16-5-3-6-17-35/h3-34H,1-2H3. The van der Waals surface area contributed by atoms with Crippen LogP contribution in [-0.4, -0.2) is 9.97 Å². The van der Waals surface area contributed by atoms with Gasteiger partial charge in [-0.3, -0.25) is 0 Å². The van der Waals surface area contributed by atoms with Crippen molar-refractivity contribution < 1.29 is 4.42 Å². The molecule has 0 radical (unpaired) electrons. The lowest BCUT2D eigenvalue weighted by Gasteiger charge is -2.21. The Hall–Kier alpha value is -7.36. The molecule has 0 amide bonds. The zero-order valence-corrected chi connectivity index (χ0v) is 32.3. The van der Waals surface area contributed by atoms with Crippen molar-refractivity contribution in [1.82, 2.24) is 9.97 Å². The number of para-hydroxylation sites is 1. The third-order valence-electron chi connectivity index (χ3n) is 11.9. The average molecular weight is 743 g/mol. The molecule has 8 aromatic carbocycles. The predicted octanol–water partition coefficient (Wildman–Crippen LogP) is 14.7. The maximum Gasteiger partial charge on any atom is 0.160 e. The third-order valence-corrected chi connectivity index (χ3v) is 11.9. The molecule has 1 aliphatic carbocycles. The number of aromatic nitrogens is 2. The predicted molar refractivity (Wildman–Crippen MR) is 239 cm³/mol. The summed E-state index contributed by atoms with van der Waals surface area (Å²) in [6, 6.07) is 69.1. The van der Waals surface area contributed by atoms with Crippen molar-refractivity contribution in [3.05, 3.63) is 205 Å². The highest BCUT2D eigenvalue weighted by Gasteiger charge is 2.36. The van der Waals surface area contributed by atoms with Crippen molar-refractivity contribution in [2.24, 2.45) is 0 Å². The Morgan fingerprint density at radius 3 is 1.76 bits per heavy atom. The van der Waals surface area contributed by atoms with Gasteiger partial charge in [0.2, 0.25) is 0 Å². The number of benzene rings is 8. The van der Waals surface area contributed by atoms with E-state index in [0.29, 0.717) is 5.82 Å². The Morgan fingerprint density at radius 2 is 0.948 bits per heavy atom. The minimum absolute atomic E-state index is 0.128. The second kappa shape index (κ2) is 13.4. The highest BCUT2D eigenvalue weighted by molar-refractivity contribution is 6.06. The van der Waals surface area contributed by atoms with E-state index in [2.05, 4.69) is 190 Å². The number of hydrogen-bond donors (Lipinski definition) is 0. The molecule has 0 bridgehead atoms. The van der Waals surface area contributed by atoms with Crippen LogP contribution in [0.3, 0.4) is 0 Å². The first-order valence-corrected chi connectivity index (χ1v) is 19.9. The Kier molecular flexibility index (Phi) is 7.84. The summed E-state index contributed by atoms with van der Waals surface area (Å²) in [5, 5.41) is 2.21. The van der Waals surface area contributed by atoms with Crippen LogP contribution < -0.4 is 0 Å². The summed E-state index contributed by atoms with van der Waals surface area (Å²) in [5.41, 5.74) is 18.5. The lowest BCUT2D eigenvalue weighted by atomic mass is 9.82. The molecule has 2 aromatic heterocycles. The fourth-order valence-electron chi connectivity index (χ4n) is 9.02. The molecule has 3 nitrogen and oxygen atoms in total. The van der Waals surface area contributed by atoms with Crippen LogP contribution in [0.2, 0.25) is 0 Å². The number of fused-ring (bicyclic) bond motifs is 6. The van der Waals surface area contributed by atoms with Crippen LogP contribution in [0.25, 0.3) is 100 Å². The van der Waals surface area contributed by atoms with Gasteiger partial charge in [-0.25, -0.2) is 9.97 Å². The monoisotopic (exact) mass is 742 g/mol. The summed E-state index contributed by atoms with van der Waals surface area (Å²) < 4.78 is 6.25. The normalized spacial score (nSPS) is 12.8. The summed E-state index contributed by atoms with van der Waals surface area (Å²) in [6.07, 6.45) is 0. The van der Waals surface area contributed by atoms with Crippen LogP contribution in [0.4, 0.5) is 0 Å². The molecule has 3 heteroatoms. The van der Waals surface area contributed by atoms with Gasteiger partial charge in [-0.1, -0.05) is 166 Å². The molecule has 0 spiro atoms. The van der Waals surface area contributed by atoms with Crippen molar-refractivity contribution in [3.63, 3.8) is 0 Å². The fraction of sp³-hybridized carbons (Fsp3) is 0.0545. The topological polar surface area (TPSA) is 38.9 Å². The van der Waals surface area contributed by atoms with E-state index in [1.165, 1.54) is 33.4 Å². The number of rotatable bonds is 6. The molecule has 0 fully saturated rings. The second-order valence-electron chi connectivity index (χ2n) is 15.7. The second-order valence-corrected chi connectivity index (χ2v) is 15.7. The molecule has 1 aliphatic rings. The van der Waals surface area contributed by atoms with Gasteiger partial charge in [-0.2, -0.15) is 0 Å². The SMILES string of the molecule is CC1(C)c2ccccc2-c2c(-c3cc(-c4cc(-c5ccc6oc7ccccc7c6c5)cc(-c5ccccc5-c5ccccc5)c4)nc(-c4ccccc4)n3)cccc21. The molecule has 0 saturated heterocycles. The fourth-order valence-corrected chi connectivity index (χ4v) is 9.02. The van der Waals surface area contributed by atoms with Crippen molar-refractivity contribution >= 4 is 21.9 Å². The summed E-state index contributed by atoms with van der Waals surface area (Å²) in [6.45, 7) is 4.65. The molecule has 0 saturated carbocycles. The van der Waals surface area contributed by atoms with Crippen LogP contribution in [-0.2, 0) is 5.41 Å². The summed E-state index contributed by atoms with van der Waals surface area (Å²) >= 11 is 0. The molecule has 58 heavy (non-hydrogen) atoms. The van der Waals surface area contributed by atoms with Gasteiger partial charge in [0.15, 0.2) is 5.82 Å². The minimum atomic E-state index is -0.128. The van der Waals surface area contributed by atoms with Gasteiger partial charge in [0.1, 0.15) is 11.2 Å². The van der Waals surface area contributed by atoms with Crippen LogP contribution >= 0.6 is 0 Å². The Labute approximate surface area is 338 Å². The Balaban J connectivity index is 1.17. The molecular formula is C55H38N2O. The van der Waals surface area contributed by atoms with Gasteiger partial charge in [0.05, 0.1) is 11.4 Å². The highest BCUT2D eigenvalue weighted by Crippen LogP contribution is 2.52. The molecular weight excluding hydrogens is 705 g/mol. The molecule has 11 rings (SSSR count). The van der Waals surface area contributed by atoms with Crippen LogP contribution in [0, 0.1) is 0 Å². The third kappa shape index (κ3) is 5.58.